The maximum absolute atomic E-state index is 12.7. The van der Waals surface area contributed by atoms with E-state index in [0.717, 1.165) is 25.7 Å². The van der Waals surface area contributed by atoms with Crippen LogP contribution in [0.1, 0.15) is 50.0 Å². The van der Waals surface area contributed by atoms with Crippen molar-refractivity contribution >= 4 is 17.4 Å². The monoisotopic (exact) mass is 428 g/mol. The molecule has 31 heavy (non-hydrogen) atoms. The standard InChI is InChI=1S/C22H29N5O4/c1-3-31-19-12-16(23)14(13-25-15-7-9-22(2,29)10-8-15)11-17(19)26-21(28)18-5-4-6-20(24)27(18)30/h4-6,11-13,15,29-30H,3,7-10H2,1-2H3,(H4,23,24,25,26,28)/p+1/t15-,22-. The van der Waals surface area contributed by atoms with Crippen LogP contribution in [0, 0.1) is 5.41 Å². The molecule has 7 N–H and O–H groups in total. The van der Waals surface area contributed by atoms with E-state index in [4.69, 9.17) is 15.9 Å². The van der Waals surface area contributed by atoms with Gasteiger partial charge in [0.15, 0.2) is 0 Å². The first-order valence-corrected chi connectivity index (χ1v) is 10.4. The summed E-state index contributed by atoms with van der Waals surface area (Å²) >= 11 is 0. The highest BCUT2D eigenvalue weighted by molar-refractivity contribution is 6.10. The van der Waals surface area contributed by atoms with Gasteiger partial charge in [-0.3, -0.25) is 10.5 Å². The molecular weight excluding hydrogens is 398 g/mol. The molecule has 3 rings (SSSR count). The first kappa shape index (κ1) is 22.4. The van der Waals surface area contributed by atoms with Crippen LogP contribution < -0.4 is 21.1 Å². The predicted octanol–water partition coefficient (Wildman–Crippen LogP) is 1.53. The summed E-state index contributed by atoms with van der Waals surface area (Å²) in [5, 5.41) is 34.5. The summed E-state index contributed by atoms with van der Waals surface area (Å²) in [6.45, 7) is 4.03. The van der Waals surface area contributed by atoms with E-state index in [9.17, 15) is 15.1 Å². The maximum Gasteiger partial charge on any atom is 0.312 e. The van der Waals surface area contributed by atoms with Gasteiger partial charge in [0.2, 0.25) is 5.69 Å². The van der Waals surface area contributed by atoms with E-state index in [1.54, 1.807) is 24.4 Å². The lowest BCUT2D eigenvalue weighted by Gasteiger charge is -2.33. The van der Waals surface area contributed by atoms with Crippen LogP contribution >= 0.6 is 0 Å². The average molecular weight is 429 g/mol. The van der Waals surface area contributed by atoms with Crippen molar-refractivity contribution < 1.29 is 24.6 Å². The number of nitrogen functional groups attached to an aromatic ring is 1. The van der Waals surface area contributed by atoms with Crippen LogP contribution in [0.25, 0.3) is 0 Å². The van der Waals surface area contributed by atoms with Crippen LogP contribution in [0.15, 0.2) is 53.6 Å². The number of nitrogens with one attached hydrogen (secondary N) is 3. The molecule has 9 nitrogen and oxygen atoms in total. The number of pyridine rings is 1. The third-order valence-corrected chi connectivity index (χ3v) is 5.46. The first-order chi connectivity index (χ1) is 14.7. The van der Waals surface area contributed by atoms with E-state index in [2.05, 4.69) is 10.6 Å². The van der Waals surface area contributed by atoms with Crippen molar-refractivity contribution in [2.45, 2.75) is 51.2 Å². The second-order valence-corrected chi connectivity index (χ2v) is 8.05. The van der Waals surface area contributed by atoms with Crippen LogP contribution in [0.4, 0.5) is 5.82 Å². The molecule has 0 saturated heterocycles. The van der Waals surface area contributed by atoms with E-state index < -0.39 is 11.5 Å². The average Bonchev–Trinajstić information content (AvgIpc) is 2.72. The normalized spacial score (nSPS) is 24.9. The fourth-order valence-electron chi connectivity index (χ4n) is 3.58. The summed E-state index contributed by atoms with van der Waals surface area (Å²) in [4.78, 5) is 12.7. The van der Waals surface area contributed by atoms with Crippen LogP contribution in [-0.2, 0) is 4.74 Å². The topological polar surface area (TPSA) is 145 Å². The summed E-state index contributed by atoms with van der Waals surface area (Å²) in [6.07, 6.45) is 8.07. The Bertz CT molecular complexity index is 955. The summed E-state index contributed by atoms with van der Waals surface area (Å²) in [6, 6.07) is 4.70. The number of ether oxygens (including phenoxy) is 1. The van der Waals surface area contributed by atoms with E-state index in [0.29, 0.717) is 28.4 Å². The van der Waals surface area contributed by atoms with E-state index in [1.807, 2.05) is 13.8 Å². The van der Waals surface area contributed by atoms with Crippen molar-refractivity contribution in [3.8, 4) is 0 Å². The highest BCUT2D eigenvalue weighted by Crippen LogP contribution is 2.28. The molecule has 0 radical (unpaired) electrons. The number of hydrogen-bond acceptors (Lipinski definition) is 7. The van der Waals surface area contributed by atoms with Gasteiger partial charge in [0.1, 0.15) is 5.76 Å². The number of nitrogens with zero attached hydrogens (tertiary/aromatic N) is 1. The molecule has 2 aliphatic rings. The third-order valence-electron chi connectivity index (χ3n) is 5.46. The Morgan fingerprint density at radius 1 is 1.39 bits per heavy atom. The molecule has 1 heterocycles. The smallest absolute Gasteiger partial charge is 0.312 e. The third kappa shape index (κ3) is 5.43. The van der Waals surface area contributed by atoms with Gasteiger partial charge >= 0.3 is 5.82 Å². The van der Waals surface area contributed by atoms with Gasteiger partial charge in [0.05, 0.1) is 23.6 Å². The molecule has 0 atom stereocenters. The number of nitrogens with two attached hydrogens (primary N) is 1. The molecule has 2 aliphatic carbocycles. The highest BCUT2D eigenvalue weighted by Gasteiger charge is 2.28. The number of allylic oxidation sites excluding steroid dienone is 3. The zero-order chi connectivity index (χ0) is 22.6. The van der Waals surface area contributed by atoms with Gasteiger partial charge < -0.3 is 31.1 Å². The maximum atomic E-state index is 12.7. The summed E-state index contributed by atoms with van der Waals surface area (Å²) in [5.74, 6) is -0.175. The van der Waals surface area contributed by atoms with Gasteiger partial charge in [0, 0.05) is 30.0 Å². The molecule has 0 aliphatic heterocycles. The van der Waals surface area contributed by atoms with Gasteiger partial charge in [-0.1, -0.05) is 0 Å². The molecule has 0 aromatic carbocycles. The largest absolute Gasteiger partial charge is 0.492 e. The fraction of sp³-hybridized carbons (Fsp3) is 0.409. The number of aliphatic hydroxyl groups is 1. The summed E-state index contributed by atoms with van der Waals surface area (Å²) in [7, 11) is 0. The predicted molar refractivity (Wildman–Crippen MR) is 115 cm³/mol. The molecule has 1 amide bonds. The molecule has 0 unspecified atom stereocenters. The number of carbonyl (C=O) groups excluding carboxylic acids is 1. The van der Waals surface area contributed by atoms with Crippen molar-refractivity contribution in [3.05, 3.63) is 59.3 Å². The van der Waals surface area contributed by atoms with Gasteiger partial charge in [-0.25, -0.2) is 0 Å². The Labute approximate surface area is 181 Å². The van der Waals surface area contributed by atoms with E-state index in [1.165, 1.54) is 12.1 Å². The fourth-order valence-corrected chi connectivity index (χ4v) is 3.58. The minimum Gasteiger partial charge on any atom is -0.492 e. The van der Waals surface area contributed by atoms with Crippen molar-refractivity contribution in [2.75, 3.05) is 12.3 Å². The molecule has 1 aromatic heterocycles. The zero-order valence-corrected chi connectivity index (χ0v) is 17.8. The molecule has 0 spiro atoms. The second-order valence-electron chi connectivity index (χ2n) is 8.05. The molecule has 9 heteroatoms. The Morgan fingerprint density at radius 2 is 2.10 bits per heavy atom. The van der Waals surface area contributed by atoms with E-state index in [-0.39, 0.29) is 23.3 Å². The quantitative estimate of drug-likeness (QED) is 0.299. The van der Waals surface area contributed by atoms with Crippen molar-refractivity contribution in [2.24, 2.45) is 0 Å². The molecule has 166 valence electrons. The number of amides is 1. The highest BCUT2D eigenvalue weighted by atomic mass is 16.5. The Morgan fingerprint density at radius 3 is 2.77 bits per heavy atom. The van der Waals surface area contributed by atoms with Gasteiger partial charge in [-0.15, -0.1) is 0 Å². The lowest BCUT2D eigenvalue weighted by Crippen LogP contribution is -2.44. The van der Waals surface area contributed by atoms with Crippen LogP contribution in [0.5, 0.6) is 0 Å². The second kappa shape index (κ2) is 9.22. The molecule has 1 aromatic rings. The van der Waals surface area contributed by atoms with Crippen LogP contribution in [0.3, 0.4) is 0 Å². The lowest BCUT2D eigenvalue weighted by atomic mass is 9.84. The summed E-state index contributed by atoms with van der Waals surface area (Å²) in [5.41, 5.74) is 6.22. The molecule has 0 bridgehead atoms. The Balaban J connectivity index is 1.78. The van der Waals surface area contributed by atoms with Gasteiger partial charge in [-0.05, 0) is 62.5 Å². The first-order valence-electron chi connectivity index (χ1n) is 10.4. The molecule has 1 fully saturated rings. The summed E-state index contributed by atoms with van der Waals surface area (Å²) < 4.78 is 6.20. The van der Waals surface area contributed by atoms with Crippen molar-refractivity contribution in [1.29, 1.82) is 5.41 Å². The lowest BCUT2D eigenvalue weighted by molar-refractivity contribution is -0.894. The minimum absolute atomic E-state index is 0.0314. The van der Waals surface area contributed by atoms with E-state index >= 15 is 0 Å². The van der Waals surface area contributed by atoms with Crippen molar-refractivity contribution in [3.63, 3.8) is 0 Å². The molecule has 1 saturated carbocycles. The number of aromatic nitrogens is 1. The number of anilines is 1. The molecular formula is C22H30N5O4+. The minimum atomic E-state index is -0.611. The number of hydrogen-bond donors (Lipinski definition) is 6. The Hall–Kier alpha value is -3.33. The van der Waals surface area contributed by atoms with Crippen LogP contribution in [-0.4, -0.2) is 40.2 Å². The Kier molecular flexibility index (Phi) is 6.65. The van der Waals surface area contributed by atoms with Gasteiger partial charge in [0.25, 0.3) is 5.91 Å². The zero-order valence-electron chi connectivity index (χ0n) is 17.8. The van der Waals surface area contributed by atoms with Crippen LogP contribution in [0.2, 0.25) is 0 Å². The number of rotatable bonds is 6. The number of carbonyl (C=O) groups is 1. The SMILES string of the molecule is CCOC1=CC(=N)/C(=C\N[C@H]2CC[C@](C)(O)CC2)C=C1NC(=O)c1cccc(N)[n+]1O. The van der Waals surface area contributed by atoms with Gasteiger partial charge in [-0.2, -0.15) is 0 Å². The van der Waals surface area contributed by atoms with Crippen molar-refractivity contribution in [1.82, 2.24) is 10.6 Å².